The third kappa shape index (κ3) is 36.6. The van der Waals surface area contributed by atoms with Gasteiger partial charge in [-0.1, -0.05) is 175 Å². The van der Waals surface area contributed by atoms with E-state index in [2.05, 4.69) is 104 Å². The molecule has 0 aliphatic heterocycles. The van der Waals surface area contributed by atoms with E-state index in [4.69, 9.17) is 0 Å². The van der Waals surface area contributed by atoms with Crippen LogP contribution in [0.25, 0.3) is 0 Å². The molecule has 3 N–H and O–H groups in total. The molecule has 0 bridgehead atoms. The van der Waals surface area contributed by atoms with Gasteiger partial charge in [0.05, 0.1) is 18.8 Å². The first kappa shape index (κ1) is 47.3. The summed E-state index contributed by atoms with van der Waals surface area (Å²) in [5.41, 5.74) is 0. The standard InChI is InChI=1S/C46H77NO3/c1-3-5-7-9-11-13-15-17-19-21-22-23-24-26-27-29-31-33-35-37-39-41-45(49)44(43-48)47-46(50)42-40-38-36-34-32-30-28-25-20-18-16-14-12-10-8-6-4-2/h6,8,12,14,18,20,24,26,28,30-31,33-34,36,39,41,44-45,48-49H,3-5,7,9-11,13,15-17,19,21-23,25,27,29,32,35,37-38,40,42-43H2,1-2H3,(H,47,50)/b8-6-,14-12-,20-18-,26-24+,30-28-,33-31+,36-34-,41-39+. The summed E-state index contributed by atoms with van der Waals surface area (Å²) in [5.74, 6) is -0.139. The average Bonchev–Trinajstić information content (AvgIpc) is 3.12. The maximum absolute atomic E-state index is 12.3. The Labute approximate surface area is 309 Å². The summed E-state index contributed by atoms with van der Waals surface area (Å²) in [7, 11) is 0. The topological polar surface area (TPSA) is 69.6 Å². The van der Waals surface area contributed by atoms with Crippen LogP contribution in [-0.2, 0) is 4.79 Å². The number of carbonyl (C=O) groups is 1. The Kier molecular flexibility index (Phi) is 38.5. The molecule has 0 aromatic carbocycles. The van der Waals surface area contributed by atoms with E-state index in [9.17, 15) is 15.0 Å². The van der Waals surface area contributed by atoms with Crippen molar-refractivity contribution in [2.75, 3.05) is 6.61 Å². The van der Waals surface area contributed by atoms with Gasteiger partial charge in [-0.05, 0) is 83.5 Å². The van der Waals surface area contributed by atoms with Crippen LogP contribution in [0.5, 0.6) is 0 Å². The lowest BCUT2D eigenvalue weighted by Crippen LogP contribution is -2.45. The number of hydrogen-bond donors (Lipinski definition) is 3. The maximum atomic E-state index is 12.3. The summed E-state index contributed by atoms with van der Waals surface area (Å²) < 4.78 is 0. The highest BCUT2D eigenvalue weighted by atomic mass is 16.3. The fraction of sp³-hybridized carbons (Fsp3) is 0.630. The van der Waals surface area contributed by atoms with Crippen LogP contribution in [0.4, 0.5) is 0 Å². The molecule has 0 spiro atoms. The number of aliphatic hydroxyl groups is 2. The molecular formula is C46H77NO3. The zero-order chi connectivity index (χ0) is 36.4. The molecule has 0 rings (SSSR count). The van der Waals surface area contributed by atoms with Crippen molar-refractivity contribution in [2.24, 2.45) is 0 Å². The molecule has 4 nitrogen and oxygen atoms in total. The van der Waals surface area contributed by atoms with Crippen molar-refractivity contribution in [3.05, 3.63) is 97.2 Å². The van der Waals surface area contributed by atoms with E-state index in [1.807, 2.05) is 6.08 Å². The molecule has 50 heavy (non-hydrogen) atoms. The van der Waals surface area contributed by atoms with Gasteiger partial charge in [0.15, 0.2) is 0 Å². The number of carbonyl (C=O) groups excluding carboxylic acids is 1. The van der Waals surface area contributed by atoms with Gasteiger partial charge in [0.2, 0.25) is 5.91 Å². The molecule has 0 aromatic rings. The van der Waals surface area contributed by atoms with Crippen molar-refractivity contribution in [3.8, 4) is 0 Å². The highest BCUT2D eigenvalue weighted by molar-refractivity contribution is 5.76. The first-order valence-corrected chi connectivity index (χ1v) is 20.5. The zero-order valence-corrected chi connectivity index (χ0v) is 32.4. The molecule has 2 atom stereocenters. The van der Waals surface area contributed by atoms with Crippen LogP contribution in [0.3, 0.4) is 0 Å². The van der Waals surface area contributed by atoms with Crippen molar-refractivity contribution >= 4 is 5.91 Å². The number of allylic oxidation sites excluding steroid dienone is 15. The van der Waals surface area contributed by atoms with E-state index < -0.39 is 12.1 Å². The smallest absolute Gasteiger partial charge is 0.220 e. The minimum atomic E-state index is -0.899. The number of nitrogens with one attached hydrogen (secondary N) is 1. The number of hydrogen-bond acceptors (Lipinski definition) is 3. The molecule has 0 saturated carbocycles. The first-order chi connectivity index (χ1) is 24.7. The molecule has 284 valence electrons. The summed E-state index contributed by atoms with van der Waals surface area (Å²) in [6.45, 7) is 4.14. The summed E-state index contributed by atoms with van der Waals surface area (Å²) in [6.07, 6.45) is 60.8. The van der Waals surface area contributed by atoms with E-state index in [1.165, 1.54) is 77.0 Å². The average molecular weight is 692 g/mol. The number of unbranched alkanes of at least 4 members (excludes halogenated alkanes) is 14. The van der Waals surface area contributed by atoms with Gasteiger partial charge in [-0.3, -0.25) is 4.79 Å². The molecule has 0 aromatic heterocycles. The lowest BCUT2D eigenvalue weighted by molar-refractivity contribution is -0.122. The number of aliphatic hydroxyl groups excluding tert-OH is 2. The minimum Gasteiger partial charge on any atom is -0.394 e. The normalized spacial score (nSPS) is 14.1. The predicted molar refractivity (Wildman–Crippen MR) is 220 cm³/mol. The first-order valence-electron chi connectivity index (χ1n) is 20.5. The second-order valence-corrected chi connectivity index (χ2v) is 13.3. The molecule has 0 aliphatic carbocycles. The van der Waals surface area contributed by atoms with Gasteiger partial charge in [0.1, 0.15) is 0 Å². The zero-order valence-electron chi connectivity index (χ0n) is 32.4. The Bertz CT molecular complexity index is 968. The monoisotopic (exact) mass is 692 g/mol. The Morgan fingerprint density at radius 1 is 0.500 bits per heavy atom. The quantitative estimate of drug-likeness (QED) is 0.0458. The molecule has 0 radical (unpaired) electrons. The fourth-order valence-electron chi connectivity index (χ4n) is 5.42. The maximum Gasteiger partial charge on any atom is 0.220 e. The lowest BCUT2D eigenvalue weighted by Gasteiger charge is -2.19. The van der Waals surface area contributed by atoms with Gasteiger partial charge in [0, 0.05) is 6.42 Å². The fourth-order valence-corrected chi connectivity index (χ4v) is 5.42. The third-order valence-electron chi connectivity index (χ3n) is 8.53. The summed E-state index contributed by atoms with van der Waals surface area (Å²) >= 11 is 0. The Morgan fingerprint density at radius 2 is 0.900 bits per heavy atom. The van der Waals surface area contributed by atoms with Crippen LogP contribution in [0.15, 0.2) is 97.2 Å². The van der Waals surface area contributed by atoms with E-state index in [1.54, 1.807) is 6.08 Å². The highest BCUT2D eigenvalue weighted by Gasteiger charge is 2.17. The van der Waals surface area contributed by atoms with Crippen LogP contribution in [0.1, 0.15) is 168 Å². The van der Waals surface area contributed by atoms with Crippen molar-refractivity contribution in [1.82, 2.24) is 5.32 Å². The molecule has 2 unspecified atom stereocenters. The van der Waals surface area contributed by atoms with Crippen molar-refractivity contribution in [3.63, 3.8) is 0 Å². The van der Waals surface area contributed by atoms with Crippen LogP contribution >= 0.6 is 0 Å². The van der Waals surface area contributed by atoms with E-state index in [0.717, 1.165) is 70.6 Å². The molecule has 0 saturated heterocycles. The van der Waals surface area contributed by atoms with Gasteiger partial charge in [-0.25, -0.2) is 0 Å². The number of rotatable bonds is 35. The SMILES string of the molecule is CC/C=C\C/C=C\C/C=C\C/C=C\C/C=C\CCCC(=O)NC(CO)C(O)/C=C/CC/C=C/CC/C=C/CCCCCCCCCCCCC. The predicted octanol–water partition coefficient (Wildman–Crippen LogP) is 12.7. The van der Waals surface area contributed by atoms with Crippen LogP contribution in [0.2, 0.25) is 0 Å². The highest BCUT2D eigenvalue weighted by Crippen LogP contribution is 2.12. The summed E-state index contributed by atoms with van der Waals surface area (Å²) in [6, 6.07) is -0.681. The van der Waals surface area contributed by atoms with Crippen LogP contribution < -0.4 is 5.32 Å². The summed E-state index contributed by atoms with van der Waals surface area (Å²) in [4.78, 5) is 12.3. The summed E-state index contributed by atoms with van der Waals surface area (Å²) in [5, 5.41) is 22.9. The van der Waals surface area contributed by atoms with Crippen LogP contribution in [-0.4, -0.2) is 34.9 Å². The second kappa shape index (κ2) is 40.7. The molecule has 0 heterocycles. The van der Waals surface area contributed by atoms with Gasteiger partial charge in [0.25, 0.3) is 0 Å². The van der Waals surface area contributed by atoms with Gasteiger partial charge < -0.3 is 15.5 Å². The molecular weight excluding hydrogens is 615 g/mol. The van der Waals surface area contributed by atoms with Gasteiger partial charge in [-0.2, -0.15) is 0 Å². The Hall–Kier alpha value is -2.69. The van der Waals surface area contributed by atoms with E-state index in [-0.39, 0.29) is 12.5 Å². The van der Waals surface area contributed by atoms with Gasteiger partial charge in [-0.15, -0.1) is 0 Å². The Morgan fingerprint density at radius 3 is 1.40 bits per heavy atom. The van der Waals surface area contributed by atoms with E-state index >= 15 is 0 Å². The lowest BCUT2D eigenvalue weighted by atomic mass is 10.1. The van der Waals surface area contributed by atoms with Gasteiger partial charge >= 0.3 is 0 Å². The van der Waals surface area contributed by atoms with E-state index in [0.29, 0.717) is 6.42 Å². The molecule has 1 amide bonds. The molecule has 0 fully saturated rings. The van der Waals surface area contributed by atoms with Crippen molar-refractivity contribution in [2.45, 2.75) is 180 Å². The van der Waals surface area contributed by atoms with Crippen molar-refractivity contribution < 1.29 is 15.0 Å². The Balaban J connectivity index is 3.80. The largest absolute Gasteiger partial charge is 0.394 e. The second-order valence-electron chi connectivity index (χ2n) is 13.3. The van der Waals surface area contributed by atoms with Crippen molar-refractivity contribution in [1.29, 1.82) is 0 Å². The third-order valence-corrected chi connectivity index (χ3v) is 8.53. The molecule has 0 aliphatic rings. The number of amides is 1. The minimum absolute atomic E-state index is 0.139. The van der Waals surface area contributed by atoms with Crippen LogP contribution in [0, 0.1) is 0 Å². The molecule has 4 heteroatoms.